The maximum absolute atomic E-state index is 11.8. The summed E-state index contributed by atoms with van der Waals surface area (Å²) in [7, 11) is 3.77. The standard InChI is InChI=1S/C9H16N2OS/c1-9(2)7(12)10(3)5-6-11(4)8(9)13/h5-6H2,1-4H3. The Hall–Kier alpha value is -0.640. The molecule has 1 fully saturated rings. The fraction of sp³-hybridized carbons (Fsp3) is 0.778. The van der Waals surface area contributed by atoms with Gasteiger partial charge in [-0.05, 0) is 13.8 Å². The summed E-state index contributed by atoms with van der Waals surface area (Å²) in [5.41, 5.74) is -0.532. The van der Waals surface area contributed by atoms with Gasteiger partial charge in [-0.25, -0.2) is 0 Å². The average molecular weight is 200 g/mol. The lowest BCUT2D eigenvalue weighted by Gasteiger charge is -2.28. The number of amides is 1. The summed E-state index contributed by atoms with van der Waals surface area (Å²) in [6.07, 6.45) is 0. The van der Waals surface area contributed by atoms with Crippen LogP contribution in [-0.2, 0) is 4.79 Å². The van der Waals surface area contributed by atoms with E-state index in [1.54, 1.807) is 4.90 Å². The number of likely N-dealkylation sites (N-methyl/N-ethyl adjacent to an activating group) is 2. The van der Waals surface area contributed by atoms with E-state index in [0.29, 0.717) is 0 Å². The Morgan fingerprint density at radius 3 is 2.23 bits per heavy atom. The second kappa shape index (κ2) is 3.25. The predicted octanol–water partition coefficient (Wildman–Crippen LogP) is 0.744. The van der Waals surface area contributed by atoms with Crippen LogP contribution in [0, 0.1) is 5.41 Å². The number of hydrogen-bond donors (Lipinski definition) is 0. The van der Waals surface area contributed by atoms with Gasteiger partial charge in [0, 0.05) is 27.2 Å². The molecule has 1 rings (SSSR count). The number of thiocarbonyl (C=S) groups is 1. The maximum Gasteiger partial charge on any atom is 0.234 e. The van der Waals surface area contributed by atoms with Crippen molar-refractivity contribution >= 4 is 23.1 Å². The summed E-state index contributed by atoms with van der Waals surface area (Å²) in [5.74, 6) is 0.113. The molecule has 0 bridgehead atoms. The molecule has 0 N–H and O–H groups in total. The molecule has 0 aromatic rings. The van der Waals surface area contributed by atoms with Crippen molar-refractivity contribution in [2.24, 2.45) is 5.41 Å². The Morgan fingerprint density at radius 2 is 1.69 bits per heavy atom. The van der Waals surface area contributed by atoms with Crippen LogP contribution in [0.2, 0.25) is 0 Å². The van der Waals surface area contributed by atoms with Gasteiger partial charge in [0.15, 0.2) is 0 Å². The van der Waals surface area contributed by atoms with E-state index >= 15 is 0 Å². The van der Waals surface area contributed by atoms with Gasteiger partial charge in [-0.1, -0.05) is 12.2 Å². The highest BCUT2D eigenvalue weighted by atomic mass is 32.1. The molecule has 0 radical (unpaired) electrons. The van der Waals surface area contributed by atoms with Gasteiger partial charge in [0.1, 0.15) is 0 Å². The van der Waals surface area contributed by atoms with Gasteiger partial charge in [0.2, 0.25) is 5.91 Å². The zero-order chi connectivity index (χ0) is 10.2. The first-order valence-electron chi connectivity index (χ1n) is 4.38. The van der Waals surface area contributed by atoms with Crippen LogP contribution in [0.3, 0.4) is 0 Å². The summed E-state index contributed by atoms with van der Waals surface area (Å²) in [4.78, 5) is 16.3. The molecule has 0 spiro atoms. The molecule has 0 atom stereocenters. The van der Waals surface area contributed by atoms with E-state index in [-0.39, 0.29) is 5.91 Å². The van der Waals surface area contributed by atoms with Crippen LogP contribution in [0.15, 0.2) is 0 Å². The van der Waals surface area contributed by atoms with Crippen molar-refractivity contribution in [2.75, 3.05) is 27.2 Å². The topological polar surface area (TPSA) is 23.6 Å². The van der Waals surface area contributed by atoms with Crippen LogP contribution < -0.4 is 0 Å². The molecule has 13 heavy (non-hydrogen) atoms. The molecular formula is C9H16N2OS. The number of nitrogens with zero attached hydrogens (tertiary/aromatic N) is 2. The van der Waals surface area contributed by atoms with Crippen LogP contribution in [0.4, 0.5) is 0 Å². The van der Waals surface area contributed by atoms with Gasteiger partial charge in [-0.2, -0.15) is 0 Å². The van der Waals surface area contributed by atoms with E-state index < -0.39 is 5.41 Å². The number of carbonyl (C=O) groups is 1. The van der Waals surface area contributed by atoms with Crippen molar-refractivity contribution in [3.63, 3.8) is 0 Å². The monoisotopic (exact) mass is 200 g/mol. The maximum atomic E-state index is 11.8. The molecule has 1 amide bonds. The number of rotatable bonds is 0. The molecule has 1 saturated heterocycles. The van der Waals surface area contributed by atoms with Gasteiger partial charge >= 0.3 is 0 Å². The van der Waals surface area contributed by atoms with Gasteiger partial charge < -0.3 is 9.80 Å². The van der Waals surface area contributed by atoms with Crippen molar-refractivity contribution in [2.45, 2.75) is 13.8 Å². The lowest BCUT2D eigenvalue weighted by atomic mass is 9.91. The summed E-state index contributed by atoms with van der Waals surface area (Å²) >= 11 is 5.26. The Labute approximate surface area is 84.7 Å². The largest absolute Gasteiger partial charge is 0.367 e. The molecule has 4 heteroatoms. The molecule has 1 heterocycles. The molecule has 0 aliphatic carbocycles. The van der Waals surface area contributed by atoms with Crippen molar-refractivity contribution in [3.8, 4) is 0 Å². The van der Waals surface area contributed by atoms with Crippen LogP contribution >= 0.6 is 12.2 Å². The molecule has 74 valence electrons. The lowest BCUT2D eigenvalue weighted by molar-refractivity contribution is -0.135. The van der Waals surface area contributed by atoms with Crippen molar-refractivity contribution in [1.29, 1.82) is 0 Å². The second-order valence-corrected chi connectivity index (χ2v) is 4.47. The van der Waals surface area contributed by atoms with E-state index in [1.807, 2.05) is 32.8 Å². The molecule has 0 saturated carbocycles. The second-order valence-electron chi connectivity index (χ2n) is 4.08. The smallest absolute Gasteiger partial charge is 0.234 e. The van der Waals surface area contributed by atoms with Gasteiger partial charge in [-0.15, -0.1) is 0 Å². The molecular weight excluding hydrogens is 184 g/mol. The Kier molecular flexibility index (Phi) is 2.61. The first-order chi connectivity index (χ1) is 5.87. The molecule has 0 aromatic heterocycles. The van der Waals surface area contributed by atoms with Crippen LogP contribution in [-0.4, -0.2) is 47.9 Å². The van der Waals surface area contributed by atoms with Crippen LogP contribution in [0.25, 0.3) is 0 Å². The van der Waals surface area contributed by atoms with E-state index in [9.17, 15) is 4.79 Å². The van der Waals surface area contributed by atoms with Gasteiger partial charge in [0.05, 0.1) is 10.4 Å². The third-order valence-electron chi connectivity index (χ3n) is 2.53. The Bertz CT molecular complexity index is 226. The number of hydrogen-bond acceptors (Lipinski definition) is 2. The quantitative estimate of drug-likeness (QED) is 0.539. The zero-order valence-corrected chi connectivity index (χ0v) is 9.44. The molecule has 1 aliphatic heterocycles. The minimum atomic E-state index is -0.532. The first-order valence-corrected chi connectivity index (χ1v) is 4.79. The van der Waals surface area contributed by atoms with Crippen LogP contribution in [0.5, 0.6) is 0 Å². The lowest BCUT2D eigenvalue weighted by Crippen LogP contribution is -2.42. The highest BCUT2D eigenvalue weighted by molar-refractivity contribution is 7.80. The summed E-state index contributed by atoms with van der Waals surface area (Å²) in [6.45, 7) is 5.34. The third-order valence-corrected chi connectivity index (χ3v) is 3.36. The zero-order valence-electron chi connectivity index (χ0n) is 8.63. The summed E-state index contributed by atoms with van der Waals surface area (Å²) in [5, 5.41) is 0. The summed E-state index contributed by atoms with van der Waals surface area (Å²) in [6, 6.07) is 0. The SMILES string of the molecule is CN1CCN(C)C(=S)C(C)(C)C1=O. The highest BCUT2D eigenvalue weighted by Crippen LogP contribution is 2.24. The van der Waals surface area contributed by atoms with Gasteiger partial charge in [0.25, 0.3) is 0 Å². The normalized spacial score (nSPS) is 23.4. The van der Waals surface area contributed by atoms with Crippen LogP contribution in [0.1, 0.15) is 13.8 Å². The van der Waals surface area contributed by atoms with E-state index in [1.165, 1.54) is 0 Å². The fourth-order valence-corrected chi connectivity index (χ4v) is 1.73. The van der Waals surface area contributed by atoms with Crippen molar-refractivity contribution in [1.82, 2.24) is 9.80 Å². The predicted molar refractivity (Wildman–Crippen MR) is 56.6 cm³/mol. The van der Waals surface area contributed by atoms with Crippen molar-refractivity contribution in [3.05, 3.63) is 0 Å². The van der Waals surface area contributed by atoms with Crippen molar-refractivity contribution < 1.29 is 4.79 Å². The molecule has 0 unspecified atom stereocenters. The van der Waals surface area contributed by atoms with Gasteiger partial charge in [-0.3, -0.25) is 4.79 Å². The minimum absolute atomic E-state index is 0.113. The van der Waals surface area contributed by atoms with E-state index in [2.05, 4.69) is 0 Å². The molecule has 1 aliphatic rings. The molecule has 0 aromatic carbocycles. The number of carbonyl (C=O) groups excluding carboxylic acids is 1. The molecule has 3 nitrogen and oxygen atoms in total. The third kappa shape index (κ3) is 1.68. The average Bonchev–Trinajstić information content (AvgIpc) is 2.14. The summed E-state index contributed by atoms with van der Waals surface area (Å²) < 4.78 is 0. The Morgan fingerprint density at radius 1 is 1.23 bits per heavy atom. The van der Waals surface area contributed by atoms with E-state index in [4.69, 9.17) is 12.2 Å². The Balaban J connectivity index is 3.01. The minimum Gasteiger partial charge on any atom is -0.367 e. The first kappa shape index (κ1) is 10.4. The fourth-order valence-electron chi connectivity index (χ4n) is 1.55. The highest BCUT2D eigenvalue weighted by Gasteiger charge is 2.38. The van der Waals surface area contributed by atoms with E-state index in [0.717, 1.165) is 18.1 Å².